The monoisotopic (exact) mass is 408 g/mol. The van der Waals surface area contributed by atoms with E-state index in [2.05, 4.69) is 25.7 Å². The summed E-state index contributed by atoms with van der Waals surface area (Å²) in [6.07, 6.45) is 0.683. The molecule has 8 heteroatoms. The molecule has 0 unspecified atom stereocenters. The standard InChI is InChI=1S/C19H28N4O2S2/c1-4-22-18(16-8-6-5-7-9-16)20-23(19(22)26)14-21(12-15(2)3)17-10-11-27(24,25)13-17/h5-9,15,17H,4,10-14H2,1-3H3/t17-/m0/s1. The molecule has 0 N–H and O–H groups in total. The first kappa shape index (κ1) is 20.2. The molecule has 1 aliphatic heterocycles. The molecule has 0 radical (unpaired) electrons. The lowest BCUT2D eigenvalue weighted by Crippen LogP contribution is -2.40. The summed E-state index contributed by atoms with van der Waals surface area (Å²) in [5.74, 6) is 1.79. The smallest absolute Gasteiger partial charge is 0.199 e. The van der Waals surface area contributed by atoms with Crippen LogP contribution >= 0.6 is 12.2 Å². The average molecular weight is 409 g/mol. The van der Waals surface area contributed by atoms with Gasteiger partial charge in [0.05, 0.1) is 18.2 Å². The van der Waals surface area contributed by atoms with E-state index in [4.69, 9.17) is 17.3 Å². The van der Waals surface area contributed by atoms with Gasteiger partial charge in [-0.3, -0.25) is 4.90 Å². The molecule has 0 aliphatic carbocycles. The highest BCUT2D eigenvalue weighted by Gasteiger charge is 2.33. The first-order valence-electron chi connectivity index (χ1n) is 9.48. The maximum atomic E-state index is 12.0. The van der Waals surface area contributed by atoms with Gasteiger partial charge in [0, 0.05) is 24.7 Å². The summed E-state index contributed by atoms with van der Waals surface area (Å²) in [4.78, 5) is 2.23. The van der Waals surface area contributed by atoms with E-state index >= 15 is 0 Å². The molecule has 0 saturated carbocycles. The Morgan fingerprint density at radius 1 is 1.30 bits per heavy atom. The highest BCUT2D eigenvalue weighted by molar-refractivity contribution is 7.91. The van der Waals surface area contributed by atoms with Crippen LogP contribution in [-0.2, 0) is 23.1 Å². The van der Waals surface area contributed by atoms with Crippen molar-refractivity contribution in [3.63, 3.8) is 0 Å². The van der Waals surface area contributed by atoms with Crippen molar-refractivity contribution >= 4 is 22.1 Å². The second kappa shape index (κ2) is 8.24. The van der Waals surface area contributed by atoms with Gasteiger partial charge < -0.3 is 4.57 Å². The molecule has 1 atom stereocenters. The number of hydrogen-bond acceptors (Lipinski definition) is 5. The number of aromatic nitrogens is 3. The van der Waals surface area contributed by atoms with E-state index < -0.39 is 9.84 Å². The number of nitrogens with zero attached hydrogens (tertiary/aromatic N) is 4. The summed E-state index contributed by atoms with van der Waals surface area (Å²) in [6, 6.07) is 10.1. The highest BCUT2D eigenvalue weighted by Crippen LogP contribution is 2.22. The van der Waals surface area contributed by atoms with Crippen LogP contribution in [-0.4, -0.2) is 51.8 Å². The Labute approximate surface area is 166 Å². The minimum atomic E-state index is -2.93. The van der Waals surface area contributed by atoms with Gasteiger partial charge >= 0.3 is 0 Å². The van der Waals surface area contributed by atoms with Gasteiger partial charge in [0.2, 0.25) is 0 Å². The van der Waals surface area contributed by atoms with E-state index in [1.807, 2.05) is 39.6 Å². The quantitative estimate of drug-likeness (QED) is 0.659. The van der Waals surface area contributed by atoms with E-state index in [9.17, 15) is 8.42 Å². The maximum Gasteiger partial charge on any atom is 0.199 e. The minimum Gasteiger partial charge on any atom is -0.300 e. The van der Waals surface area contributed by atoms with Crippen LogP contribution in [0.3, 0.4) is 0 Å². The van der Waals surface area contributed by atoms with Crippen LogP contribution in [0.25, 0.3) is 11.4 Å². The molecule has 2 heterocycles. The van der Waals surface area contributed by atoms with Crippen molar-refractivity contribution < 1.29 is 8.42 Å². The molecule has 6 nitrogen and oxygen atoms in total. The Bertz CT molecular complexity index is 932. The Morgan fingerprint density at radius 3 is 2.56 bits per heavy atom. The predicted octanol–water partition coefficient (Wildman–Crippen LogP) is 3.20. The summed E-state index contributed by atoms with van der Waals surface area (Å²) in [6.45, 7) is 8.44. The van der Waals surface area contributed by atoms with Gasteiger partial charge in [-0.25, -0.2) is 13.1 Å². The van der Waals surface area contributed by atoms with Gasteiger partial charge in [0.25, 0.3) is 0 Å². The molecule has 0 spiro atoms. The van der Waals surface area contributed by atoms with Crippen molar-refractivity contribution in [3.8, 4) is 11.4 Å². The Hall–Kier alpha value is -1.51. The van der Waals surface area contributed by atoms with Crippen LogP contribution in [0.1, 0.15) is 27.2 Å². The fourth-order valence-electron chi connectivity index (χ4n) is 3.65. The van der Waals surface area contributed by atoms with Crippen LogP contribution in [0.2, 0.25) is 0 Å². The Balaban J connectivity index is 1.92. The average Bonchev–Trinajstić information content (AvgIpc) is 3.14. The summed E-state index contributed by atoms with van der Waals surface area (Å²) >= 11 is 5.68. The normalized spacial score (nSPS) is 19.2. The zero-order chi connectivity index (χ0) is 19.6. The SMILES string of the molecule is CCn1c(-c2ccccc2)nn(CN(CC(C)C)[C@H]2CCS(=O)(=O)C2)c1=S. The van der Waals surface area contributed by atoms with Gasteiger partial charge in [-0.2, -0.15) is 5.10 Å². The summed E-state index contributed by atoms with van der Waals surface area (Å²) in [5.41, 5.74) is 1.03. The minimum absolute atomic E-state index is 0.0336. The van der Waals surface area contributed by atoms with Gasteiger partial charge in [-0.15, -0.1) is 0 Å². The number of rotatable bonds is 7. The molecule has 3 rings (SSSR count). The van der Waals surface area contributed by atoms with E-state index in [-0.39, 0.29) is 17.5 Å². The van der Waals surface area contributed by atoms with Crippen molar-refractivity contribution in [3.05, 3.63) is 35.1 Å². The molecule has 1 aromatic carbocycles. The molecule has 1 saturated heterocycles. The molecular weight excluding hydrogens is 380 g/mol. The van der Waals surface area contributed by atoms with Gasteiger partial charge in [0.15, 0.2) is 20.4 Å². The zero-order valence-electron chi connectivity index (χ0n) is 16.2. The maximum absolute atomic E-state index is 12.0. The summed E-state index contributed by atoms with van der Waals surface area (Å²) in [5, 5.41) is 4.79. The van der Waals surface area contributed by atoms with Crippen molar-refractivity contribution in [2.24, 2.45) is 5.92 Å². The van der Waals surface area contributed by atoms with Gasteiger partial charge in [0.1, 0.15) is 0 Å². The molecule has 1 fully saturated rings. The number of benzene rings is 1. The van der Waals surface area contributed by atoms with E-state index in [1.54, 1.807) is 0 Å². The fraction of sp³-hybridized carbons (Fsp3) is 0.579. The zero-order valence-corrected chi connectivity index (χ0v) is 17.8. The number of hydrogen-bond donors (Lipinski definition) is 0. The largest absolute Gasteiger partial charge is 0.300 e. The molecule has 2 aromatic rings. The van der Waals surface area contributed by atoms with Crippen molar-refractivity contribution in [2.75, 3.05) is 18.1 Å². The van der Waals surface area contributed by atoms with Crippen LogP contribution < -0.4 is 0 Å². The van der Waals surface area contributed by atoms with Crippen molar-refractivity contribution in [1.82, 2.24) is 19.2 Å². The Morgan fingerprint density at radius 2 is 2.00 bits per heavy atom. The second-order valence-corrected chi connectivity index (χ2v) is 10.2. The first-order valence-corrected chi connectivity index (χ1v) is 11.7. The van der Waals surface area contributed by atoms with E-state index in [0.717, 1.165) is 24.5 Å². The predicted molar refractivity (Wildman–Crippen MR) is 111 cm³/mol. The van der Waals surface area contributed by atoms with Crippen LogP contribution in [0.15, 0.2) is 30.3 Å². The molecule has 1 aliphatic rings. The topological polar surface area (TPSA) is 60.1 Å². The van der Waals surface area contributed by atoms with Crippen molar-refractivity contribution in [1.29, 1.82) is 0 Å². The third kappa shape index (κ3) is 4.67. The van der Waals surface area contributed by atoms with Crippen LogP contribution in [0, 0.1) is 10.7 Å². The molecule has 0 amide bonds. The third-order valence-corrected chi connectivity index (χ3v) is 7.09. The second-order valence-electron chi connectivity index (χ2n) is 7.58. The molecule has 0 bridgehead atoms. The van der Waals surface area contributed by atoms with Crippen LogP contribution in [0.5, 0.6) is 0 Å². The molecular formula is C19H28N4O2S2. The lowest BCUT2D eigenvalue weighted by atomic mass is 10.1. The van der Waals surface area contributed by atoms with Gasteiger partial charge in [-0.1, -0.05) is 44.2 Å². The first-order chi connectivity index (χ1) is 12.8. The van der Waals surface area contributed by atoms with Crippen molar-refractivity contribution in [2.45, 2.75) is 46.4 Å². The van der Waals surface area contributed by atoms with E-state index in [1.165, 1.54) is 0 Å². The lowest BCUT2D eigenvalue weighted by Gasteiger charge is -2.29. The van der Waals surface area contributed by atoms with Crippen LogP contribution in [0.4, 0.5) is 0 Å². The molecule has 148 valence electrons. The lowest BCUT2D eigenvalue weighted by molar-refractivity contribution is 0.137. The van der Waals surface area contributed by atoms with E-state index in [0.29, 0.717) is 23.8 Å². The van der Waals surface area contributed by atoms with Gasteiger partial charge in [-0.05, 0) is 31.5 Å². The highest BCUT2D eigenvalue weighted by atomic mass is 32.2. The Kier molecular flexibility index (Phi) is 6.18. The summed E-state index contributed by atoms with van der Waals surface area (Å²) < 4.78 is 28.5. The third-order valence-electron chi connectivity index (χ3n) is 4.91. The molecule has 27 heavy (non-hydrogen) atoms. The number of sulfone groups is 1. The fourth-order valence-corrected chi connectivity index (χ4v) is 5.72. The summed E-state index contributed by atoms with van der Waals surface area (Å²) in [7, 11) is -2.93. The molecule has 1 aromatic heterocycles.